The molecule has 0 aliphatic carbocycles. The first-order valence-corrected chi connectivity index (χ1v) is 10.8. The van der Waals surface area contributed by atoms with Crippen LogP contribution in [0.5, 0.6) is 0 Å². The van der Waals surface area contributed by atoms with Gasteiger partial charge in [0.05, 0.1) is 19.3 Å². The number of aldehydes is 1. The monoisotopic (exact) mass is 322 g/mol. The summed E-state index contributed by atoms with van der Waals surface area (Å²) < 4.78 is 12.2. The van der Waals surface area contributed by atoms with Crippen molar-refractivity contribution < 1.29 is 14.0 Å². The molecule has 22 heavy (non-hydrogen) atoms. The maximum absolute atomic E-state index is 11.2. The standard InChI is InChI=1S/C18H30O3Si/c1-15(12-19)17(21-22(5,6)18(2,3)4)14-20-13-16-10-8-7-9-11-16/h7-12,15,17H,13-14H2,1-6H3/t15-,17-/m0/s1. The number of ether oxygens (including phenoxy) is 1. The lowest BCUT2D eigenvalue weighted by molar-refractivity contribution is -0.114. The molecule has 124 valence electrons. The minimum absolute atomic E-state index is 0.118. The Morgan fingerprint density at radius 2 is 1.77 bits per heavy atom. The molecule has 0 N–H and O–H groups in total. The van der Waals surface area contributed by atoms with E-state index in [4.69, 9.17) is 9.16 Å². The number of carbonyl (C=O) groups excluding carboxylic acids is 1. The van der Waals surface area contributed by atoms with Gasteiger partial charge in [0, 0.05) is 5.92 Å². The van der Waals surface area contributed by atoms with Crippen LogP contribution >= 0.6 is 0 Å². The second-order valence-corrected chi connectivity index (χ2v) is 12.2. The predicted molar refractivity (Wildman–Crippen MR) is 93.4 cm³/mol. The van der Waals surface area contributed by atoms with E-state index in [2.05, 4.69) is 33.9 Å². The summed E-state index contributed by atoms with van der Waals surface area (Å²) in [6.45, 7) is 13.9. The van der Waals surface area contributed by atoms with Crippen LogP contribution in [-0.2, 0) is 20.6 Å². The Kier molecular flexibility index (Phi) is 6.97. The molecule has 1 rings (SSSR count). The lowest BCUT2D eigenvalue weighted by Crippen LogP contribution is -2.47. The zero-order valence-corrected chi connectivity index (χ0v) is 15.8. The van der Waals surface area contributed by atoms with Crippen LogP contribution in [0.1, 0.15) is 33.3 Å². The summed E-state index contributed by atoms with van der Waals surface area (Å²) in [5.41, 5.74) is 1.13. The topological polar surface area (TPSA) is 35.5 Å². The second kappa shape index (κ2) is 8.04. The first kappa shape index (κ1) is 19.1. The van der Waals surface area contributed by atoms with E-state index in [0.29, 0.717) is 13.2 Å². The number of rotatable bonds is 8. The van der Waals surface area contributed by atoms with Crippen molar-refractivity contribution in [3.8, 4) is 0 Å². The molecule has 0 saturated carbocycles. The summed E-state index contributed by atoms with van der Waals surface area (Å²) >= 11 is 0. The van der Waals surface area contributed by atoms with Crippen LogP contribution in [0.4, 0.5) is 0 Å². The Hall–Kier alpha value is -0.973. The van der Waals surface area contributed by atoms with Crippen LogP contribution in [0.15, 0.2) is 30.3 Å². The van der Waals surface area contributed by atoms with Crippen molar-refractivity contribution in [2.75, 3.05) is 6.61 Å². The van der Waals surface area contributed by atoms with Crippen LogP contribution in [0.2, 0.25) is 18.1 Å². The molecule has 0 bridgehead atoms. The smallest absolute Gasteiger partial charge is 0.192 e. The van der Waals surface area contributed by atoms with Crippen molar-refractivity contribution >= 4 is 14.6 Å². The molecular formula is C18H30O3Si. The van der Waals surface area contributed by atoms with Crippen molar-refractivity contribution in [2.24, 2.45) is 5.92 Å². The lowest BCUT2D eigenvalue weighted by atomic mass is 10.1. The maximum atomic E-state index is 11.2. The number of hydrogen-bond donors (Lipinski definition) is 0. The fraction of sp³-hybridized carbons (Fsp3) is 0.611. The third kappa shape index (κ3) is 5.67. The normalized spacial score (nSPS) is 15.4. The number of hydrogen-bond acceptors (Lipinski definition) is 3. The number of benzene rings is 1. The summed E-state index contributed by atoms with van der Waals surface area (Å²) in [5, 5.41) is 0.118. The molecule has 0 spiro atoms. The highest BCUT2D eigenvalue weighted by Gasteiger charge is 2.40. The molecule has 3 nitrogen and oxygen atoms in total. The summed E-state index contributed by atoms with van der Waals surface area (Å²) in [7, 11) is -1.92. The molecule has 1 aromatic rings. The maximum Gasteiger partial charge on any atom is 0.192 e. The van der Waals surface area contributed by atoms with Gasteiger partial charge in [0.15, 0.2) is 8.32 Å². The van der Waals surface area contributed by atoms with Gasteiger partial charge in [-0.05, 0) is 23.7 Å². The van der Waals surface area contributed by atoms with Crippen molar-refractivity contribution in [3.05, 3.63) is 35.9 Å². The van der Waals surface area contributed by atoms with Gasteiger partial charge < -0.3 is 14.0 Å². The zero-order chi connectivity index (χ0) is 16.8. The Bertz CT molecular complexity index is 451. The summed E-state index contributed by atoms with van der Waals surface area (Å²) in [6.07, 6.45) is 0.783. The molecule has 0 aliphatic rings. The highest BCUT2D eigenvalue weighted by molar-refractivity contribution is 6.74. The molecule has 0 fully saturated rings. The molecule has 0 saturated heterocycles. The van der Waals surface area contributed by atoms with E-state index < -0.39 is 8.32 Å². The van der Waals surface area contributed by atoms with Gasteiger partial charge in [-0.1, -0.05) is 58.0 Å². The summed E-state index contributed by atoms with van der Waals surface area (Å²) in [4.78, 5) is 11.2. The quantitative estimate of drug-likeness (QED) is 0.525. The molecule has 0 unspecified atom stereocenters. The molecule has 1 aromatic carbocycles. The SMILES string of the molecule is C[C@@H](C=O)[C@H](COCc1ccccc1)O[Si](C)(C)C(C)(C)C. The Labute approximate surface area is 136 Å². The molecule has 0 amide bonds. The van der Waals surface area contributed by atoms with Gasteiger partial charge in [0.1, 0.15) is 6.29 Å². The lowest BCUT2D eigenvalue weighted by Gasteiger charge is -2.40. The molecule has 0 radical (unpaired) electrons. The predicted octanol–water partition coefficient (Wildman–Crippen LogP) is 4.43. The van der Waals surface area contributed by atoms with E-state index in [1.54, 1.807) is 0 Å². The van der Waals surface area contributed by atoms with Gasteiger partial charge in [-0.3, -0.25) is 0 Å². The first-order valence-electron chi connectivity index (χ1n) is 7.92. The van der Waals surface area contributed by atoms with Crippen LogP contribution < -0.4 is 0 Å². The first-order chi connectivity index (χ1) is 10.2. The van der Waals surface area contributed by atoms with Crippen molar-refractivity contribution in [1.82, 2.24) is 0 Å². The average Bonchev–Trinajstić information content (AvgIpc) is 2.45. The minimum Gasteiger partial charge on any atom is -0.411 e. The summed E-state index contributed by atoms with van der Waals surface area (Å²) in [6, 6.07) is 10.0. The van der Waals surface area contributed by atoms with E-state index in [1.165, 1.54) is 0 Å². The second-order valence-electron chi connectivity index (χ2n) is 7.41. The van der Waals surface area contributed by atoms with E-state index in [9.17, 15) is 4.79 Å². The largest absolute Gasteiger partial charge is 0.411 e. The number of carbonyl (C=O) groups is 1. The molecule has 0 aromatic heterocycles. The van der Waals surface area contributed by atoms with Gasteiger partial charge in [-0.15, -0.1) is 0 Å². The highest BCUT2D eigenvalue weighted by atomic mass is 28.4. The zero-order valence-electron chi connectivity index (χ0n) is 14.8. The summed E-state index contributed by atoms with van der Waals surface area (Å²) in [5.74, 6) is -0.162. The van der Waals surface area contributed by atoms with Gasteiger partial charge in [0.25, 0.3) is 0 Å². The molecular weight excluding hydrogens is 292 g/mol. The van der Waals surface area contributed by atoms with E-state index in [0.717, 1.165) is 11.8 Å². The third-order valence-electron chi connectivity index (χ3n) is 4.45. The fourth-order valence-electron chi connectivity index (χ4n) is 1.80. The average molecular weight is 323 g/mol. The molecule has 0 heterocycles. The fourth-order valence-corrected chi connectivity index (χ4v) is 3.20. The van der Waals surface area contributed by atoms with Crippen LogP contribution in [0.3, 0.4) is 0 Å². The van der Waals surface area contributed by atoms with Crippen LogP contribution in [0.25, 0.3) is 0 Å². The third-order valence-corrected chi connectivity index (χ3v) is 8.95. The molecule has 2 atom stereocenters. The van der Waals surface area contributed by atoms with Crippen molar-refractivity contribution in [1.29, 1.82) is 0 Å². The van der Waals surface area contributed by atoms with Gasteiger partial charge in [-0.2, -0.15) is 0 Å². The molecule has 0 aliphatic heterocycles. The Morgan fingerprint density at radius 1 is 1.18 bits per heavy atom. The van der Waals surface area contributed by atoms with Gasteiger partial charge >= 0.3 is 0 Å². The van der Waals surface area contributed by atoms with E-state index in [1.807, 2.05) is 37.3 Å². The van der Waals surface area contributed by atoms with Crippen LogP contribution in [-0.4, -0.2) is 27.3 Å². The van der Waals surface area contributed by atoms with Gasteiger partial charge in [0.2, 0.25) is 0 Å². The Balaban J connectivity index is 2.64. The molecule has 4 heteroatoms. The van der Waals surface area contributed by atoms with Crippen molar-refractivity contribution in [3.63, 3.8) is 0 Å². The van der Waals surface area contributed by atoms with E-state index >= 15 is 0 Å². The van der Waals surface area contributed by atoms with Crippen LogP contribution in [0, 0.1) is 5.92 Å². The van der Waals surface area contributed by atoms with Crippen molar-refractivity contribution in [2.45, 2.75) is 58.5 Å². The minimum atomic E-state index is -1.92. The Morgan fingerprint density at radius 3 is 2.27 bits per heavy atom. The van der Waals surface area contributed by atoms with Gasteiger partial charge in [-0.25, -0.2) is 0 Å². The highest BCUT2D eigenvalue weighted by Crippen LogP contribution is 2.38. The van der Waals surface area contributed by atoms with E-state index in [-0.39, 0.29) is 17.1 Å².